The Morgan fingerprint density at radius 1 is 0.960 bits per heavy atom. The van der Waals surface area contributed by atoms with E-state index in [4.69, 9.17) is 0 Å². The first kappa shape index (κ1) is 16.1. The topological polar surface area (TPSA) is 25.8 Å². The highest BCUT2D eigenvalue weighted by Gasteiger charge is 2.12. The van der Waals surface area contributed by atoms with E-state index in [1.165, 1.54) is 37.7 Å². The summed E-state index contributed by atoms with van der Waals surface area (Å²) >= 11 is 1.74. The molecular weight excluding hydrogens is 324 g/mol. The van der Waals surface area contributed by atoms with Gasteiger partial charge in [0.15, 0.2) is 0 Å². The van der Waals surface area contributed by atoms with Gasteiger partial charge in [-0.2, -0.15) is 0 Å². The van der Waals surface area contributed by atoms with Gasteiger partial charge in [0, 0.05) is 40.2 Å². The molecule has 0 aliphatic heterocycles. The average molecular weight is 344 g/mol. The zero-order valence-electron chi connectivity index (χ0n) is 14.4. The SMILES string of the molecule is CSc1cncc2cc(CC(C)c3nccc4ccccc34)ccc12. The molecule has 0 N–H and O–H groups in total. The van der Waals surface area contributed by atoms with Crippen LogP contribution in [0.4, 0.5) is 0 Å². The van der Waals surface area contributed by atoms with Crippen molar-refractivity contribution >= 4 is 33.3 Å². The third-order valence-electron chi connectivity index (χ3n) is 4.72. The molecule has 0 saturated carbocycles. The number of rotatable bonds is 4. The molecule has 124 valence electrons. The van der Waals surface area contributed by atoms with E-state index >= 15 is 0 Å². The predicted octanol–water partition coefficient (Wildman–Crippen LogP) is 5.85. The van der Waals surface area contributed by atoms with E-state index < -0.39 is 0 Å². The summed E-state index contributed by atoms with van der Waals surface area (Å²) < 4.78 is 0. The number of hydrogen-bond donors (Lipinski definition) is 0. The highest BCUT2D eigenvalue weighted by atomic mass is 32.2. The smallest absolute Gasteiger partial charge is 0.0513 e. The fourth-order valence-electron chi connectivity index (χ4n) is 3.47. The van der Waals surface area contributed by atoms with Gasteiger partial charge in [-0.1, -0.05) is 43.3 Å². The minimum absolute atomic E-state index is 0.361. The number of thioether (sulfide) groups is 1. The highest BCUT2D eigenvalue weighted by molar-refractivity contribution is 7.98. The molecule has 0 bridgehead atoms. The Morgan fingerprint density at radius 2 is 1.84 bits per heavy atom. The maximum Gasteiger partial charge on any atom is 0.0513 e. The van der Waals surface area contributed by atoms with Crippen LogP contribution in [0.25, 0.3) is 21.5 Å². The van der Waals surface area contributed by atoms with Crippen molar-refractivity contribution in [3.63, 3.8) is 0 Å². The van der Waals surface area contributed by atoms with Gasteiger partial charge < -0.3 is 0 Å². The number of benzene rings is 2. The Kier molecular flexibility index (Phi) is 4.41. The third kappa shape index (κ3) is 3.12. The summed E-state index contributed by atoms with van der Waals surface area (Å²) in [6.07, 6.45) is 8.89. The quantitative estimate of drug-likeness (QED) is 0.434. The van der Waals surface area contributed by atoms with Gasteiger partial charge in [0.1, 0.15) is 0 Å². The predicted molar refractivity (Wildman–Crippen MR) is 107 cm³/mol. The van der Waals surface area contributed by atoms with Crippen molar-refractivity contribution < 1.29 is 0 Å². The number of hydrogen-bond acceptors (Lipinski definition) is 3. The van der Waals surface area contributed by atoms with Gasteiger partial charge in [-0.05, 0) is 41.1 Å². The van der Waals surface area contributed by atoms with E-state index in [2.05, 4.69) is 71.7 Å². The molecule has 0 radical (unpaired) electrons. The molecule has 3 heteroatoms. The van der Waals surface area contributed by atoms with Crippen LogP contribution in [0, 0.1) is 0 Å². The van der Waals surface area contributed by atoms with Crippen LogP contribution in [0.2, 0.25) is 0 Å². The van der Waals surface area contributed by atoms with Crippen molar-refractivity contribution in [1.82, 2.24) is 9.97 Å². The molecular formula is C22H20N2S. The van der Waals surface area contributed by atoms with Gasteiger partial charge in [0.05, 0.1) is 5.69 Å². The number of fused-ring (bicyclic) bond motifs is 2. The molecule has 2 nitrogen and oxygen atoms in total. The molecule has 0 saturated heterocycles. The van der Waals surface area contributed by atoms with Gasteiger partial charge >= 0.3 is 0 Å². The molecule has 25 heavy (non-hydrogen) atoms. The Bertz CT molecular complexity index is 1040. The molecule has 4 rings (SSSR count). The lowest BCUT2D eigenvalue weighted by molar-refractivity contribution is 0.739. The van der Waals surface area contributed by atoms with Crippen molar-refractivity contribution in [2.45, 2.75) is 24.2 Å². The van der Waals surface area contributed by atoms with Gasteiger partial charge in [-0.15, -0.1) is 11.8 Å². The van der Waals surface area contributed by atoms with Gasteiger partial charge in [0.25, 0.3) is 0 Å². The van der Waals surface area contributed by atoms with Crippen LogP contribution in [0.1, 0.15) is 24.1 Å². The maximum atomic E-state index is 4.68. The van der Waals surface area contributed by atoms with Crippen LogP contribution >= 0.6 is 11.8 Å². The van der Waals surface area contributed by atoms with Gasteiger partial charge in [-0.3, -0.25) is 9.97 Å². The summed E-state index contributed by atoms with van der Waals surface area (Å²) in [6.45, 7) is 2.26. The van der Waals surface area contributed by atoms with Crippen molar-refractivity contribution in [3.05, 3.63) is 78.4 Å². The Labute approximate surface area is 152 Å². The van der Waals surface area contributed by atoms with E-state index in [0.29, 0.717) is 5.92 Å². The van der Waals surface area contributed by atoms with E-state index in [1.54, 1.807) is 11.8 Å². The second-order valence-electron chi connectivity index (χ2n) is 6.42. The Balaban J connectivity index is 1.68. The summed E-state index contributed by atoms with van der Waals surface area (Å²) in [5.74, 6) is 0.361. The summed E-state index contributed by atoms with van der Waals surface area (Å²) in [5.41, 5.74) is 2.50. The molecule has 1 unspecified atom stereocenters. The van der Waals surface area contributed by atoms with Crippen LogP contribution < -0.4 is 0 Å². The third-order valence-corrected chi connectivity index (χ3v) is 5.49. The lowest BCUT2D eigenvalue weighted by atomic mass is 9.93. The standard InChI is InChI=1S/C22H20N2S/c1-15(22-20-6-4-3-5-17(20)9-10-24-22)11-16-7-8-19-18(12-16)13-23-14-21(19)25-2/h3-10,12-15H,11H2,1-2H3. The first-order valence-electron chi connectivity index (χ1n) is 8.50. The van der Waals surface area contributed by atoms with Crippen LogP contribution in [0.3, 0.4) is 0 Å². The van der Waals surface area contributed by atoms with E-state index in [9.17, 15) is 0 Å². The molecule has 2 aromatic heterocycles. The van der Waals surface area contributed by atoms with Crippen molar-refractivity contribution in [3.8, 4) is 0 Å². The summed E-state index contributed by atoms with van der Waals surface area (Å²) in [7, 11) is 0. The normalized spacial score (nSPS) is 12.6. The number of pyridine rings is 2. The molecule has 0 fully saturated rings. The first-order valence-corrected chi connectivity index (χ1v) is 9.73. The van der Waals surface area contributed by atoms with E-state index in [0.717, 1.165) is 6.42 Å². The first-order chi connectivity index (χ1) is 12.3. The van der Waals surface area contributed by atoms with Crippen molar-refractivity contribution in [1.29, 1.82) is 0 Å². The molecule has 2 aromatic carbocycles. The van der Waals surface area contributed by atoms with Crippen LogP contribution in [0.5, 0.6) is 0 Å². The molecule has 0 spiro atoms. The minimum atomic E-state index is 0.361. The molecule has 0 amide bonds. The van der Waals surface area contributed by atoms with Crippen LogP contribution in [0.15, 0.2) is 72.0 Å². The highest BCUT2D eigenvalue weighted by Crippen LogP contribution is 2.29. The average Bonchev–Trinajstić information content (AvgIpc) is 2.66. The van der Waals surface area contributed by atoms with Crippen LogP contribution in [-0.2, 0) is 6.42 Å². The molecule has 2 heterocycles. The Hall–Kier alpha value is -2.39. The van der Waals surface area contributed by atoms with E-state index in [1.807, 2.05) is 18.6 Å². The molecule has 4 aromatic rings. The minimum Gasteiger partial charge on any atom is -0.263 e. The fraction of sp³-hybridized carbons (Fsp3) is 0.182. The lowest BCUT2D eigenvalue weighted by Gasteiger charge is -2.14. The van der Waals surface area contributed by atoms with Crippen molar-refractivity contribution in [2.75, 3.05) is 6.26 Å². The Morgan fingerprint density at radius 3 is 2.72 bits per heavy atom. The van der Waals surface area contributed by atoms with Gasteiger partial charge in [-0.25, -0.2) is 0 Å². The molecule has 0 aliphatic rings. The van der Waals surface area contributed by atoms with E-state index in [-0.39, 0.29) is 0 Å². The number of nitrogens with zero attached hydrogens (tertiary/aromatic N) is 2. The maximum absolute atomic E-state index is 4.68. The summed E-state index contributed by atoms with van der Waals surface area (Å²) in [4.78, 5) is 10.3. The molecule has 1 atom stereocenters. The summed E-state index contributed by atoms with van der Waals surface area (Å²) in [5, 5.41) is 5.00. The second kappa shape index (κ2) is 6.85. The van der Waals surface area contributed by atoms with Crippen molar-refractivity contribution in [2.24, 2.45) is 0 Å². The molecule has 0 aliphatic carbocycles. The van der Waals surface area contributed by atoms with Gasteiger partial charge in [0.2, 0.25) is 0 Å². The summed E-state index contributed by atoms with van der Waals surface area (Å²) in [6, 6.07) is 17.3. The zero-order chi connectivity index (χ0) is 17.2. The largest absolute Gasteiger partial charge is 0.263 e. The fourth-order valence-corrected chi connectivity index (χ4v) is 4.05. The van der Waals surface area contributed by atoms with Crippen LogP contribution in [-0.4, -0.2) is 16.2 Å². The monoisotopic (exact) mass is 344 g/mol. The zero-order valence-corrected chi connectivity index (χ0v) is 15.3. The lowest BCUT2D eigenvalue weighted by Crippen LogP contribution is -2.02. The number of aromatic nitrogens is 2. The second-order valence-corrected chi connectivity index (χ2v) is 7.27.